The summed E-state index contributed by atoms with van der Waals surface area (Å²) in [6.45, 7) is 11.4. The lowest BCUT2D eigenvalue weighted by Crippen LogP contribution is -2.43. The minimum Gasteiger partial charge on any atom is -0.543 e. The topological polar surface area (TPSA) is 55.8 Å². The van der Waals surface area contributed by atoms with E-state index in [0.717, 1.165) is 23.3 Å². The third-order valence-corrected chi connectivity index (χ3v) is 8.81. The summed E-state index contributed by atoms with van der Waals surface area (Å²) in [6, 6.07) is 5.67. The average molecular weight is 308 g/mol. The minimum absolute atomic E-state index is 0.135. The van der Waals surface area contributed by atoms with Gasteiger partial charge in [-0.3, -0.25) is 0 Å². The predicted molar refractivity (Wildman–Crippen MR) is 84.3 cm³/mol. The van der Waals surface area contributed by atoms with Gasteiger partial charge in [-0.1, -0.05) is 26.8 Å². The summed E-state index contributed by atoms with van der Waals surface area (Å²) >= 11 is 0. The van der Waals surface area contributed by atoms with E-state index in [2.05, 4.69) is 33.9 Å². The quantitative estimate of drug-likeness (QED) is 0.864. The lowest BCUT2D eigenvalue weighted by atomic mass is 9.97. The smallest absolute Gasteiger partial charge is 0.337 e. The van der Waals surface area contributed by atoms with E-state index in [0.29, 0.717) is 6.61 Å². The molecule has 1 aliphatic rings. The molecule has 1 N–H and O–H groups in total. The van der Waals surface area contributed by atoms with Crippen LogP contribution in [0, 0.1) is 0 Å². The number of carboxylic acid groups (broad SMARTS) is 1. The Kier molecular flexibility index (Phi) is 4.17. The standard InChI is InChI=1S/C16H24O4Si/c1-16(2,3)21(4,5)20-12-6-7-13-11(10-12)8-9-19-14(13)15(17)18/h6-7,10,14H,8-9H2,1-5H3,(H,17,18). The molecule has 116 valence electrons. The van der Waals surface area contributed by atoms with Gasteiger partial charge in [-0.15, -0.1) is 0 Å². The second-order valence-corrected chi connectivity index (χ2v) is 11.8. The van der Waals surface area contributed by atoms with Gasteiger partial charge in [-0.25, -0.2) is 4.79 Å². The van der Waals surface area contributed by atoms with Crippen LogP contribution in [0.5, 0.6) is 5.75 Å². The number of fused-ring (bicyclic) bond motifs is 1. The molecule has 0 fully saturated rings. The SMILES string of the molecule is CC(C)(C)[Si](C)(C)Oc1ccc2c(c1)CCOC2C(=O)O. The van der Waals surface area contributed by atoms with Crippen LogP contribution in [0.3, 0.4) is 0 Å². The summed E-state index contributed by atoms with van der Waals surface area (Å²) in [6.07, 6.45) is -0.121. The highest BCUT2D eigenvalue weighted by molar-refractivity contribution is 6.74. The summed E-state index contributed by atoms with van der Waals surface area (Å²) in [4.78, 5) is 11.2. The summed E-state index contributed by atoms with van der Waals surface area (Å²) in [5.41, 5.74) is 1.76. The van der Waals surface area contributed by atoms with Crippen LogP contribution in [0.4, 0.5) is 0 Å². The van der Waals surface area contributed by atoms with Gasteiger partial charge in [0, 0.05) is 0 Å². The van der Waals surface area contributed by atoms with Crippen LogP contribution in [0.1, 0.15) is 38.0 Å². The average Bonchev–Trinajstić information content (AvgIpc) is 2.35. The Balaban J connectivity index is 2.28. The first-order chi connectivity index (χ1) is 9.62. The van der Waals surface area contributed by atoms with Crippen molar-refractivity contribution in [1.82, 2.24) is 0 Å². The van der Waals surface area contributed by atoms with Crippen molar-refractivity contribution in [3.63, 3.8) is 0 Å². The Bertz CT molecular complexity index is 546. The van der Waals surface area contributed by atoms with E-state index >= 15 is 0 Å². The maximum atomic E-state index is 11.2. The summed E-state index contributed by atoms with van der Waals surface area (Å²) in [5.74, 6) is -0.0969. The first-order valence-corrected chi connectivity index (χ1v) is 10.2. The van der Waals surface area contributed by atoms with Gasteiger partial charge in [0.1, 0.15) is 5.75 Å². The molecular weight excluding hydrogens is 284 g/mol. The first kappa shape index (κ1) is 16.0. The first-order valence-electron chi connectivity index (χ1n) is 7.28. The number of rotatable bonds is 3. The van der Waals surface area contributed by atoms with Crippen LogP contribution in [-0.4, -0.2) is 26.0 Å². The van der Waals surface area contributed by atoms with E-state index < -0.39 is 20.4 Å². The number of ether oxygens (including phenoxy) is 1. The van der Waals surface area contributed by atoms with E-state index in [-0.39, 0.29) is 5.04 Å². The molecule has 1 aromatic rings. The highest BCUT2D eigenvalue weighted by Gasteiger charge is 2.39. The van der Waals surface area contributed by atoms with Gasteiger partial charge in [0.25, 0.3) is 0 Å². The number of benzene rings is 1. The molecule has 0 amide bonds. The van der Waals surface area contributed by atoms with Crippen LogP contribution >= 0.6 is 0 Å². The molecule has 0 bridgehead atoms. The Morgan fingerprint density at radius 3 is 2.62 bits per heavy atom. The molecule has 0 radical (unpaired) electrons. The number of carbonyl (C=O) groups is 1. The normalized spacial score (nSPS) is 19.0. The Hall–Kier alpha value is -1.33. The van der Waals surface area contributed by atoms with Gasteiger partial charge in [-0.05, 0) is 47.8 Å². The van der Waals surface area contributed by atoms with Crippen molar-refractivity contribution < 1.29 is 19.1 Å². The van der Waals surface area contributed by atoms with Crippen LogP contribution in [0.2, 0.25) is 18.1 Å². The maximum Gasteiger partial charge on any atom is 0.337 e. The molecule has 0 saturated carbocycles. The number of carboxylic acids is 1. The minimum atomic E-state index is -1.88. The summed E-state index contributed by atoms with van der Waals surface area (Å²) < 4.78 is 11.6. The molecule has 1 heterocycles. The highest BCUT2D eigenvalue weighted by atomic mass is 28.4. The molecule has 21 heavy (non-hydrogen) atoms. The van der Waals surface area contributed by atoms with Gasteiger partial charge in [-0.2, -0.15) is 0 Å². The molecule has 1 aromatic carbocycles. The van der Waals surface area contributed by atoms with Gasteiger partial charge < -0.3 is 14.3 Å². The van der Waals surface area contributed by atoms with Crippen molar-refractivity contribution in [2.24, 2.45) is 0 Å². The Morgan fingerprint density at radius 1 is 1.38 bits per heavy atom. The van der Waals surface area contributed by atoms with Crippen LogP contribution < -0.4 is 4.43 Å². The van der Waals surface area contributed by atoms with Crippen molar-refractivity contribution in [3.05, 3.63) is 29.3 Å². The van der Waals surface area contributed by atoms with Crippen LogP contribution in [-0.2, 0) is 16.0 Å². The van der Waals surface area contributed by atoms with Gasteiger partial charge >= 0.3 is 5.97 Å². The molecule has 0 aliphatic carbocycles. The predicted octanol–water partition coefficient (Wildman–Crippen LogP) is 3.77. The zero-order valence-corrected chi connectivity index (χ0v) is 14.4. The molecule has 1 aliphatic heterocycles. The van der Waals surface area contributed by atoms with Crippen molar-refractivity contribution in [2.75, 3.05) is 6.61 Å². The van der Waals surface area contributed by atoms with E-state index in [9.17, 15) is 9.90 Å². The molecular formula is C16H24O4Si. The summed E-state index contributed by atoms with van der Waals surface area (Å²) in [5, 5.41) is 9.33. The second kappa shape index (κ2) is 5.46. The van der Waals surface area contributed by atoms with Crippen molar-refractivity contribution >= 4 is 14.3 Å². The lowest BCUT2D eigenvalue weighted by molar-refractivity contribution is -0.151. The van der Waals surface area contributed by atoms with E-state index in [1.54, 1.807) is 0 Å². The third kappa shape index (κ3) is 3.30. The Labute approximate surface area is 127 Å². The number of hydrogen-bond donors (Lipinski definition) is 1. The maximum absolute atomic E-state index is 11.2. The number of hydrogen-bond acceptors (Lipinski definition) is 3. The van der Waals surface area contributed by atoms with Gasteiger partial charge in [0.15, 0.2) is 6.10 Å². The molecule has 2 rings (SSSR count). The van der Waals surface area contributed by atoms with E-state index in [4.69, 9.17) is 9.16 Å². The fourth-order valence-electron chi connectivity index (χ4n) is 2.15. The van der Waals surface area contributed by atoms with Crippen molar-refractivity contribution in [1.29, 1.82) is 0 Å². The van der Waals surface area contributed by atoms with Gasteiger partial charge in [0.2, 0.25) is 8.32 Å². The fraction of sp³-hybridized carbons (Fsp3) is 0.562. The van der Waals surface area contributed by atoms with Crippen molar-refractivity contribution in [3.8, 4) is 5.75 Å². The third-order valence-electron chi connectivity index (χ3n) is 4.46. The molecule has 5 heteroatoms. The Morgan fingerprint density at radius 2 is 2.05 bits per heavy atom. The number of aliphatic carboxylic acids is 1. The van der Waals surface area contributed by atoms with E-state index in [1.807, 2.05) is 18.2 Å². The molecule has 1 unspecified atom stereocenters. The fourth-order valence-corrected chi connectivity index (χ4v) is 3.17. The summed E-state index contributed by atoms with van der Waals surface area (Å²) in [7, 11) is -1.88. The highest BCUT2D eigenvalue weighted by Crippen LogP contribution is 2.38. The van der Waals surface area contributed by atoms with Gasteiger partial charge in [0.05, 0.1) is 6.61 Å². The zero-order valence-electron chi connectivity index (χ0n) is 13.4. The largest absolute Gasteiger partial charge is 0.543 e. The molecule has 0 saturated heterocycles. The van der Waals surface area contributed by atoms with Crippen LogP contribution in [0.15, 0.2) is 18.2 Å². The molecule has 4 nitrogen and oxygen atoms in total. The second-order valence-electron chi connectivity index (χ2n) is 7.06. The van der Waals surface area contributed by atoms with E-state index in [1.165, 1.54) is 0 Å². The molecule has 1 atom stereocenters. The van der Waals surface area contributed by atoms with Crippen molar-refractivity contribution in [2.45, 2.75) is 51.4 Å². The van der Waals surface area contributed by atoms with Crippen LogP contribution in [0.25, 0.3) is 0 Å². The molecule has 0 spiro atoms. The molecule has 0 aromatic heterocycles. The zero-order chi connectivity index (χ0) is 15.8. The lowest BCUT2D eigenvalue weighted by Gasteiger charge is -2.36. The monoisotopic (exact) mass is 308 g/mol.